The van der Waals surface area contributed by atoms with Crippen molar-refractivity contribution < 1.29 is 16.8 Å². The topological polar surface area (TPSA) is 118 Å². The molecule has 7 nitrogen and oxygen atoms in total. The van der Waals surface area contributed by atoms with E-state index in [1.54, 1.807) is 0 Å². The Labute approximate surface area is 118 Å². The van der Waals surface area contributed by atoms with Gasteiger partial charge in [-0.1, -0.05) is 0 Å². The number of hydrogen-bond donors (Lipinski definition) is 3. The van der Waals surface area contributed by atoms with E-state index < -0.39 is 20.0 Å². The predicted molar refractivity (Wildman–Crippen MR) is 76.2 cm³/mol. The summed E-state index contributed by atoms with van der Waals surface area (Å²) >= 11 is 0. The van der Waals surface area contributed by atoms with Crippen LogP contribution >= 0.6 is 0 Å². The fourth-order valence-electron chi connectivity index (χ4n) is 2.10. The van der Waals surface area contributed by atoms with Gasteiger partial charge < -0.3 is 5.32 Å². The molecule has 1 atom stereocenters. The van der Waals surface area contributed by atoms with Gasteiger partial charge in [0.2, 0.25) is 20.0 Å². The number of hydrogen-bond acceptors (Lipinski definition) is 5. The van der Waals surface area contributed by atoms with Crippen molar-refractivity contribution in [1.82, 2.24) is 5.32 Å². The molecule has 1 aliphatic heterocycles. The number of sulfonamides is 2. The van der Waals surface area contributed by atoms with Gasteiger partial charge in [0, 0.05) is 11.7 Å². The second-order valence-corrected chi connectivity index (χ2v) is 8.07. The number of nitrogens with one attached hydrogen (secondary N) is 2. The lowest BCUT2D eigenvalue weighted by Gasteiger charge is -2.12. The van der Waals surface area contributed by atoms with Gasteiger partial charge in [0.05, 0.1) is 10.6 Å². The summed E-state index contributed by atoms with van der Waals surface area (Å²) in [6, 6.07) is 5.25. The van der Waals surface area contributed by atoms with Gasteiger partial charge in [-0.05, 0) is 43.7 Å². The first kappa shape index (κ1) is 15.2. The molecule has 0 aromatic heterocycles. The molecule has 0 spiro atoms. The highest BCUT2D eigenvalue weighted by molar-refractivity contribution is 7.92. The Morgan fingerprint density at radius 2 is 1.85 bits per heavy atom. The van der Waals surface area contributed by atoms with Crippen LogP contribution in [0.2, 0.25) is 0 Å². The van der Waals surface area contributed by atoms with E-state index in [0.717, 1.165) is 19.4 Å². The van der Waals surface area contributed by atoms with Crippen molar-refractivity contribution in [2.75, 3.05) is 17.0 Å². The lowest BCUT2D eigenvalue weighted by atomic mass is 10.3. The van der Waals surface area contributed by atoms with Gasteiger partial charge >= 0.3 is 0 Å². The molecule has 1 aromatic carbocycles. The lowest BCUT2D eigenvalue weighted by molar-refractivity contribution is 0.581. The summed E-state index contributed by atoms with van der Waals surface area (Å²) in [6.07, 6.45) is 1.81. The van der Waals surface area contributed by atoms with Crippen LogP contribution in [-0.2, 0) is 20.0 Å². The van der Waals surface area contributed by atoms with Crippen LogP contribution in [0.5, 0.6) is 0 Å². The molecule has 0 bridgehead atoms. The van der Waals surface area contributed by atoms with Crippen LogP contribution in [0, 0.1) is 0 Å². The molecule has 0 saturated carbocycles. The van der Waals surface area contributed by atoms with Crippen LogP contribution in [0.4, 0.5) is 5.69 Å². The number of benzene rings is 1. The third-order valence-corrected chi connectivity index (χ3v) is 5.36. The average molecular weight is 319 g/mol. The van der Waals surface area contributed by atoms with Gasteiger partial charge in [-0.3, -0.25) is 4.72 Å². The first-order chi connectivity index (χ1) is 9.26. The maximum absolute atomic E-state index is 11.9. The van der Waals surface area contributed by atoms with E-state index in [0.29, 0.717) is 5.69 Å². The van der Waals surface area contributed by atoms with Crippen molar-refractivity contribution in [3.05, 3.63) is 24.3 Å². The summed E-state index contributed by atoms with van der Waals surface area (Å²) in [6.45, 7) is 0.837. The Morgan fingerprint density at radius 1 is 1.20 bits per heavy atom. The summed E-state index contributed by atoms with van der Waals surface area (Å²) < 4.78 is 48.5. The summed E-state index contributed by atoms with van der Waals surface area (Å²) in [5, 5.41) is 8.08. The minimum atomic E-state index is -3.77. The predicted octanol–water partition coefficient (Wildman–Crippen LogP) is -0.172. The van der Waals surface area contributed by atoms with E-state index in [9.17, 15) is 16.8 Å². The molecular formula is C11H17N3O4S2. The van der Waals surface area contributed by atoms with Crippen molar-refractivity contribution >= 4 is 25.7 Å². The zero-order valence-corrected chi connectivity index (χ0v) is 12.4. The lowest BCUT2D eigenvalue weighted by Crippen LogP contribution is -2.32. The molecule has 4 N–H and O–H groups in total. The van der Waals surface area contributed by atoms with Crippen LogP contribution in [0.25, 0.3) is 0 Å². The van der Waals surface area contributed by atoms with Crippen molar-refractivity contribution in [1.29, 1.82) is 0 Å². The quantitative estimate of drug-likeness (QED) is 0.696. The van der Waals surface area contributed by atoms with E-state index in [1.807, 2.05) is 0 Å². The molecule has 9 heteroatoms. The molecule has 1 aromatic rings. The molecular weight excluding hydrogens is 302 g/mol. The van der Waals surface area contributed by atoms with Crippen LogP contribution < -0.4 is 15.2 Å². The van der Waals surface area contributed by atoms with Gasteiger partial charge in [-0.25, -0.2) is 22.0 Å². The Hall–Kier alpha value is -1.16. The number of anilines is 1. The minimum Gasteiger partial charge on any atom is -0.313 e. The Kier molecular flexibility index (Phi) is 4.33. The highest BCUT2D eigenvalue weighted by atomic mass is 32.2. The minimum absolute atomic E-state index is 0.00391. The standard InChI is InChI=1S/C11H17N3O4S2/c12-20(17,18)11-5-3-9(4-6-11)14-19(15,16)8-10-2-1-7-13-10/h3-6,10,13-14H,1-2,7-8H2,(H2,12,17,18). The van der Waals surface area contributed by atoms with Crippen molar-refractivity contribution in [2.24, 2.45) is 5.14 Å². The SMILES string of the molecule is NS(=O)(=O)c1ccc(NS(=O)(=O)CC2CCCN2)cc1. The zero-order valence-electron chi connectivity index (χ0n) is 10.7. The van der Waals surface area contributed by atoms with Gasteiger partial charge in [0.1, 0.15) is 0 Å². The molecule has 20 heavy (non-hydrogen) atoms. The van der Waals surface area contributed by atoms with Crippen LogP contribution in [0.3, 0.4) is 0 Å². The van der Waals surface area contributed by atoms with Crippen LogP contribution in [-0.4, -0.2) is 35.2 Å². The van der Waals surface area contributed by atoms with E-state index >= 15 is 0 Å². The summed E-state index contributed by atoms with van der Waals surface area (Å²) in [7, 11) is -7.23. The van der Waals surface area contributed by atoms with E-state index in [-0.39, 0.29) is 16.7 Å². The maximum atomic E-state index is 11.9. The molecule has 1 unspecified atom stereocenters. The van der Waals surface area contributed by atoms with Crippen molar-refractivity contribution in [3.8, 4) is 0 Å². The molecule has 1 aliphatic rings. The van der Waals surface area contributed by atoms with Crippen LogP contribution in [0.15, 0.2) is 29.2 Å². The molecule has 2 rings (SSSR count). The molecule has 0 aliphatic carbocycles. The molecule has 112 valence electrons. The van der Waals surface area contributed by atoms with Gasteiger partial charge in [-0.2, -0.15) is 0 Å². The van der Waals surface area contributed by atoms with Crippen LogP contribution in [0.1, 0.15) is 12.8 Å². The van der Waals surface area contributed by atoms with E-state index in [1.165, 1.54) is 24.3 Å². The first-order valence-corrected chi connectivity index (χ1v) is 9.33. The number of primary sulfonamides is 1. The molecule has 1 saturated heterocycles. The van der Waals surface area contributed by atoms with Gasteiger partial charge in [0.25, 0.3) is 0 Å². The molecule has 0 radical (unpaired) electrons. The van der Waals surface area contributed by atoms with Crippen molar-refractivity contribution in [3.63, 3.8) is 0 Å². The van der Waals surface area contributed by atoms with Crippen molar-refractivity contribution in [2.45, 2.75) is 23.8 Å². The second-order valence-electron chi connectivity index (χ2n) is 4.75. The van der Waals surface area contributed by atoms with Gasteiger partial charge in [-0.15, -0.1) is 0 Å². The highest BCUT2D eigenvalue weighted by Gasteiger charge is 2.22. The van der Waals surface area contributed by atoms with E-state index in [2.05, 4.69) is 10.0 Å². The first-order valence-electron chi connectivity index (χ1n) is 6.13. The fraction of sp³-hybridized carbons (Fsp3) is 0.455. The normalized spacial score (nSPS) is 19.9. The Balaban J connectivity index is 2.05. The molecule has 1 fully saturated rings. The fourth-order valence-corrected chi connectivity index (χ4v) is 4.01. The number of nitrogens with two attached hydrogens (primary N) is 1. The molecule has 0 amide bonds. The third kappa shape index (κ3) is 4.17. The summed E-state index contributed by atoms with van der Waals surface area (Å²) in [4.78, 5) is -0.0575. The second kappa shape index (κ2) is 5.68. The zero-order chi connectivity index (χ0) is 14.8. The largest absolute Gasteiger partial charge is 0.313 e. The Bertz CT molecular complexity index is 662. The summed E-state index contributed by atoms with van der Waals surface area (Å²) in [5.41, 5.74) is 0.315. The maximum Gasteiger partial charge on any atom is 0.238 e. The van der Waals surface area contributed by atoms with Gasteiger partial charge in [0.15, 0.2) is 0 Å². The van der Waals surface area contributed by atoms with E-state index in [4.69, 9.17) is 5.14 Å². The monoisotopic (exact) mass is 319 g/mol. The number of rotatable bonds is 5. The smallest absolute Gasteiger partial charge is 0.238 e. The molecule has 1 heterocycles. The summed E-state index contributed by atoms with van der Waals surface area (Å²) in [5.74, 6) is 0.00391. The average Bonchev–Trinajstić information content (AvgIpc) is 2.79. The Morgan fingerprint density at radius 3 is 2.35 bits per heavy atom. The third-order valence-electron chi connectivity index (χ3n) is 3.04. The highest BCUT2D eigenvalue weighted by Crippen LogP contribution is 2.15.